The number of pyridine rings is 2. The molecule has 1 spiro atoms. The third kappa shape index (κ3) is 2.56. The summed E-state index contributed by atoms with van der Waals surface area (Å²) in [5, 5.41) is 3.31. The normalized spacial score (nSPS) is 21.9. The quantitative estimate of drug-likeness (QED) is 0.371. The van der Waals surface area contributed by atoms with Gasteiger partial charge in [0.15, 0.2) is 0 Å². The van der Waals surface area contributed by atoms with Gasteiger partial charge < -0.3 is 24.1 Å². The van der Waals surface area contributed by atoms with E-state index in [0.717, 1.165) is 27.7 Å². The Bertz CT molecular complexity index is 1460. The van der Waals surface area contributed by atoms with Crippen molar-refractivity contribution in [2.75, 3.05) is 7.05 Å². The van der Waals surface area contributed by atoms with Gasteiger partial charge in [-0.15, -0.1) is 0 Å². The van der Waals surface area contributed by atoms with Crippen LogP contribution in [0.4, 0.5) is 4.79 Å². The molecule has 1 N–H and O–H groups in total. The molecule has 3 aliphatic heterocycles. The number of carbonyl (C=O) groups is 2. The van der Waals surface area contributed by atoms with Crippen molar-refractivity contribution in [3.05, 3.63) is 56.9 Å². The summed E-state index contributed by atoms with van der Waals surface area (Å²) in [6, 6.07) is 7.16. The molecule has 9 heteroatoms. The van der Waals surface area contributed by atoms with E-state index in [1.54, 1.807) is 29.7 Å². The molecule has 2 aromatic heterocycles. The van der Waals surface area contributed by atoms with Crippen molar-refractivity contribution in [1.82, 2.24) is 14.9 Å². The number of rotatable bonds is 2. The van der Waals surface area contributed by atoms with E-state index < -0.39 is 17.7 Å². The first kappa shape index (κ1) is 19.9. The lowest BCUT2D eigenvalue weighted by Crippen LogP contribution is -2.38. The van der Waals surface area contributed by atoms with Crippen molar-refractivity contribution in [3.8, 4) is 17.1 Å². The molecule has 1 amide bonds. The summed E-state index contributed by atoms with van der Waals surface area (Å²) in [5.41, 5.74) is 3.78. The second kappa shape index (κ2) is 6.64. The zero-order valence-corrected chi connectivity index (χ0v) is 18.4. The Morgan fingerprint density at radius 2 is 2.09 bits per heavy atom. The van der Waals surface area contributed by atoms with Crippen molar-refractivity contribution in [3.63, 3.8) is 0 Å². The molecule has 0 saturated carbocycles. The van der Waals surface area contributed by atoms with Crippen LogP contribution in [0.2, 0.25) is 0 Å². The number of aryl methyl sites for hydroxylation is 1. The van der Waals surface area contributed by atoms with Crippen LogP contribution in [0.15, 0.2) is 29.1 Å². The van der Waals surface area contributed by atoms with Gasteiger partial charge >= 0.3 is 12.1 Å². The number of cyclic esters (lactones) is 1. The number of hydrogen-bond donors (Lipinski definition) is 1. The molecule has 2 atom stereocenters. The molecule has 1 unspecified atom stereocenters. The molecule has 9 nitrogen and oxygen atoms in total. The van der Waals surface area contributed by atoms with Gasteiger partial charge in [0.05, 0.1) is 29.0 Å². The number of aromatic nitrogens is 2. The van der Waals surface area contributed by atoms with Gasteiger partial charge in [0.2, 0.25) is 5.60 Å². The Morgan fingerprint density at radius 3 is 2.79 bits per heavy atom. The molecule has 1 aromatic carbocycles. The number of fused-ring (bicyclic) bond motifs is 6. The third-order valence-electron chi connectivity index (χ3n) is 6.83. The van der Waals surface area contributed by atoms with Crippen LogP contribution >= 0.6 is 0 Å². The van der Waals surface area contributed by atoms with Crippen LogP contribution in [0.1, 0.15) is 36.1 Å². The molecule has 6 rings (SSSR count). The largest absolute Gasteiger partial charge is 0.458 e. The van der Waals surface area contributed by atoms with Crippen molar-refractivity contribution in [1.29, 1.82) is 0 Å². The maximum atomic E-state index is 13.4. The fraction of sp³-hybridized carbons (Fsp3) is 0.333. The SMILES string of the molecule is CCc1c2c(nc3ccc(OC(=O)NC)cc13)-c1cc3c(c(=O)n1C2)COC(=O)[C@@]31OC1C. The van der Waals surface area contributed by atoms with Crippen molar-refractivity contribution < 1.29 is 23.8 Å². The van der Waals surface area contributed by atoms with Gasteiger partial charge in [-0.1, -0.05) is 6.92 Å². The highest BCUT2D eigenvalue weighted by Gasteiger charge is 2.65. The second-order valence-electron chi connectivity index (χ2n) is 8.47. The van der Waals surface area contributed by atoms with Crippen LogP contribution in [-0.2, 0) is 39.4 Å². The van der Waals surface area contributed by atoms with Gasteiger partial charge in [-0.2, -0.15) is 0 Å². The summed E-state index contributed by atoms with van der Waals surface area (Å²) < 4.78 is 17.9. The lowest BCUT2D eigenvalue weighted by atomic mass is 9.89. The van der Waals surface area contributed by atoms with Gasteiger partial charge in [-0.05, 0) is 43.2 Å². The minimum absolute atomic E-state index is 0.0579. The molecule has 0 radical (unpaired) electrons. The molecule has 0 aliphatic carbocycles. The number of amides is 1. The Balaban J connectivity index is 1.56. The van der Waals surface area contributed by atoms with E-state index in [2.05, 4.69) is 5.32 Å². The molecule has 3 aliphatic rings. The van der Waals surface area contributed by atoms with Gasteiger partial charge in [0.25, 0.3) is 5.56 Å². The first-order valence-electron chi connectivity index (χ1n) is 10.9. The number of ether oxygens (including phenoxy) is 3. The standard InChI is InChI=1S/C24H21N3O6/c1-4-13-14-7-12(32-23(30)25-3)5-6-18(14)26-20-15(13)9-27-19(20)8-17-16(21(27)28)10-31-22(29)24(17)11(2)33-24/h5-8,11H,4,9-10H2,1-3H3,(H,25,30)/t11?,24-/m0/s1. The number of esters is 1. The highest BCUT2D eigenvalue weighted by molar-refractivity contribution is 5.91. The van der Waals surface area contributed by atoms with Gasteiger partial charge in [-0.25, -0.2) is 14.6 Å². The van der Waals surface area contributed by atoms with E-state index in [9.17, 15) is 14.4 Å². The lowest BCUT2D eigenvalue weighted by molar-refractivity contribution is -0.154. The molecule has 3 aromatic rings. The maximum absolute atomic E-state index is 13.4. The summed E-state index contributed by atoms with van der Waals surface area (Å²) in [4.78, 5) is 42.4. The van der Waals surface area contributed by atoms with Crippen LogP contribution in [0, 0.1) is 0 Å². The molecule has 1 saturated heterocycles. The average Bonchev–Trinajstić information content (AvgIpc) is 3.34. The van der Waals surface area contributed by atoms with Crippen LogP contribution in [-0.4, -0.2) is 34.8 Å². The number of nitrogens with one attached hydrogen (secondary N) is 1. The molecular formula is C24H21N3O6. The predicted molar refractivity (Wildman–Crippen MR) is 117 cm³/mol. The number of nitrogens with zero attached hydrogens (tertiary/aromatic N) is 2. The minimum atomic E-state index is -1.19. The topological polar surface area (TPSA) is 112 Å². The van der Waals surface area contributed by atoms with Crippen LogP contribution in [0.5, 0.6) is 5.75 Å². The molecule has 0 bridgehead atoms. The van der Waals surface area contributed by atoms with E-state index in [0.29, 0.717) is 35.5 Å². The maximum Gasteiger partial charge on any atom is 0.412 e. The fourth-order valence-electron chi connectivity index (χ4n) is 5.12. The van der Waals surface area contributed by atoms with E-state index in [-0.39, 0.29) is 18.3 Å². The second-order valence-corrected chi connectivity index (χ2v) is 8.47. The highest BCUT2D eigenvalue weighted by Crippen LogP contribution is 2.51. The summed E-state index contributed by atoms with van der Waals surface area (Å²) in [6.45, 7) is 4.16. The number of carbonyl (C=O) groups excluding carboxylic acids is 2. The predicted octanol–water partition coefficient (Wildman–Crippen LogP) is 2.38. The van der Waals surface area contributed by atoms with Gasteiger partial charge in [0.1, 0.15) is 18.5 Å². The Hall–Kier alpha value is -3.72. The average molecular weight is 447 g/mol. The zero-order valence-electron chi connectivity index (χ0n) is 18.4. The lowest BCUT2D eigenvalue weighted by Gasteiger charge is -2.23. The van der Waals surface area contributed by atoms with Crippen molar-refractivity contribution in [2.24, 2.45) is 0 Å². The molecular weight excluding hydrogens is 426 g/mol. The molecule has 168 valence electrons. The molecule has 33 heavy (non-hydrogen) atoms. The fourth-order valence-corrected chi connectivity index (χ4v) is 5.12. The summed E-state index contributed by atoms with van der Waals surface area (Å²) >= 11 is 0. The van der Waals surface area contributed by atoms with Crippen molar-refractivity contribution in [2.45, 2.75) is 45.1 Å². The number of epoxide rings is 1. The summed E-state index contributed by atoms with van der Waals surface area (Å²) in [7, 11) is 1.50. The van der Waals surface area contributed by atoms with E-state index >= 15 is 0 Å². The Morgan fingerprint density at radius 1 is 1.30 bits per heavy atom. The van der Waals surface area contributed by atoms with E-state index in [1.807, 2.05) is 13.0 Å². The van der Waals surface area contributed by atoms with Gasteiger partial charge in [0, 0.05) is 23.6 Å². The molecule has 1 fully saturated rings. The van der Waals surface area contributed by atoms with E-state index in [1.165, 1.54) is 7.05 Å². The first-order valence-corrected chi connectivity index (χ1v) is 10.9. The smallest absolute Gasteiger partial charge is 0.412 e. The van der Waals surface area contributed by atoms with Gasteiger partial charge in [-0.3, -0.25) is 4.79 Å². The third-order valence-corrected chi connectivity index (χ3v) is 6.83. The molecule has 5 heterocycles. The minimum Gasteiger partial charge on any atom is -0.458 e. The Kier molecular flexibility index (Phi) is 4.01. The van der Waals surface area contributed by atoms with Crippen LogP contribution in [0.3, 0.4) is 0 Å². The van der Waals surface area contributed by atoms with Crippen molar-refractivity contribution >= 4 is 23.0 Å². The van der Waals surface area contributed by atoms with Crippen LogP contribution in [0.25, 0.3) is 22.3 Å². The Labute approximate surface area is 188 Å². The highest BCUT2D eigenvalue weighted by atomic mass is 16.7. The number of hydrogen-bond acceptors (Lipinski definition) is 7. The number of benzene rings is 1. The van der Waals surface area contributed by atoms with Crippen LogP contribution < -0.4 is 15.6 Å². The van der Waals surface area contributed by atoms with E-state index in [4.69, 9.17) is 19.2 Å². The first-order chi connectivity index (χ1) is 15.9. The summed E-state index contributed by atoms with van der Waals surface area (Å²) in [6.07, 6.45) is -0.186. The zero-order chi connectivity index (χ0) is 23.1. The monoisotopic (exact) mass is 447 g/mol. The summed E-state index contributed by atoms with van der Waals surface area (Å²) in [5.74, 6) is -0.0339.